The molecule has 41 heavy (non-hydrogen) atoms. The first-order valence-corrected chi connectivity index (χ1v) is 15.7. The number of benzene rings is 1. The van der Waals surface area contributed by atoms with Gasteiger partial charge in [0.05, 0.1) is 6.61 Å². The highest BCUT2D eigenvalue weighted by Crippen LogP contribution is 2.32. The number of amides is 4. The Balaban J connectivity index is 2.29. The Morgan fingerprint density at radius 3 is 2.22 bits per heavy atom. The first-order chi connectivity index (χ1) is 19.3. The Hall–Kier alpha value is -2.99. The SMILES string of the molecule is CCOC(=O)/C=C/C(CCC(N)=O)NC(=O)C(Cc1ccc(C)cc1)NC(=O)C(NC(=O)C1SCCS1)C(C)(C)C. The van der Waals surface area contributed by atoms with Crippen molar-refractivity contribution in [2.75, 3.05) is 18.1 Å². The van der Waals surface area contributed by atoms with Gasteiger partial charge in [-0.15, -0.1) is 23.5 Å². The van der Waals surface area contributed by atoms with E-state index in [1.54, 1.807) is 30.4 Å². The Morgan fingerprint density at radius 1 is 1.02 bits per heavy atom. The maximum absolute atomic E-state index is 13.6. The predicted molar refractivity (Wildman–Crippen MR) is 163 cm³/mol. The van der Waals surface area contributed by atoms with E-state index in [9.17, 15) is 24.0 Å². The van der Waals surface area contributed by atoms with Gasteiger partial charge in [0.1, 0.15) is 16.7 Å². The van der Waals surface area contributed by atoms with E-state index in [-0.39, 0.29) is 36.4 Å². The molecule has 1 aromatic carbocycles. The highest BCUT2D eigenvalue weighted by Gasteiger charge is 2.37. The van der Waals surface area contributed by atoms with Gasteiger partial charge < -0.3 is 26.4 Å². The van der Waals surface area contributed by atoms with Gasteiger partial charge in [-0.2, -0.15) is 0 Å². The molecular formula is C29H42N4O6S2. The molecule has 0 bridgehead atoms. The van der Waals surface area contributed by atoms with Crippen LogP contribution >= 0.6 is 23.5 Å². The first-order valence-electron chi connectivity index (χ1n) is 13.6. The molecule has 1 aromatic rings. The normalized spacial score (nSPS) is 16.0. The van der Waals surface area contributed by atoms with E-state index >= 15 is 0 Å². The molecule has 0 saturated carbocycles. The number of nitrogens with one attached hydrogen (secondary N) is 3. The van der Waals surface area contributed by atoms with Crippen LogP contribution in [0.15, 0.2) is 36.4 Å². The number of primary amides is 1. The van der Waals surface area contributed by atoms with Crippen molar-refractivity contribution in [3.8, 4) is 0 Å². The summed E-state index contributed by atoms with van der Waals surface area (Å²) in [6, 6.07) is 4.98. The van der Waals surface area contributed by atoms with Crippen molar-refractivity contribution in [2.24, 2.45) is 11.1 Å². The summed E-state index contributed by atoms with van der Waals surface area (Å²) in [6.45, 7) is 9.36. The number of rotatable bonds is 14. The van der Waals surface area contributed by atoms with Crippen molar-refractivity contribution in [3.05, 3.63) is 47.5 Å². The second kappa shape index (κ2) is 16.5. The minimum absolute atomic E-state index is 0.0254. The van der Waals surface area contributed by atoms with Gasteiger partial charge in [0.2, 0.25) is 23.6 Å². The standard InChI is InChI=1S/C29H42N4O6S2/c1-6-39-23(35)14-12-20(11-13-22(30)34)31-25(36)21(17-19-9-7-18(2)8-10-19)32-26(37)24(29(3,4)5)33-27(38)28-40-15-16-41-28/h7-10,12,14,20-21,24,28H,6,11,13,15-17H2,1-5H3,(H2,30,34)(H,31,36)(H,32,37)(H,33,38)/b14-12+. The molecule has 5 N–H and O–H groups in total. The van der Waals surface area contributed by atoms with Gasteiger partial charge in [0.25, 0.3) is 0 Å². The number of hydrogen-bond acceptors (Lipinski definition) is 8. The van der Waals surface area contributed by atoms with Crippen LogP contribution < -0.4 is 21.7 Å². The summed E-state index contributed by atoms with van der Waals surface area (Å²) in [7, 11) is 0. The molecule has 4 amide bonds. The highest BCUT2D eigenvalue weighted by molar-refractivity contribution is 8.21. The molecule has 1 heterocycles. The van der Waals surface area contributed by atoms with Crippen LogP contribution in [-0.4, -0.2) is 70.4 Å². The van der Waals surface area contributed by atoms with E-state index in [0.29, 0.717) is 0 Å². The lowest BCUT2D eigenvalue weighted by molar-refractivity contribution is -0.137. The van der Waals surface area contributed by atoms with E-state index in [0.717, 1.165) is 22.6 Å². The van der Waals surface area contributed by atoms with E-state index in [4.69, 9.17) is 10.5 Å². The molecule has 0 aromatic heterocycles. The highest BCUT2D eigenvalue weighted by atomic mass is 32.2. The van der Waals surface area contributed by atoms with Crippen LogP contribution in [0.2, 0.25) is 0 Å². The summed E-state index contributed by atoms with van der Waals surface area (Å²) in [6.07, 6.45) is 2.94. The van der Waals surface area contributed by atoms with Crippen molar-refractivity contribution in [1.29, 1.82) is 0 Å². The molecule has 3 atom stereocenters. The molecule has 226 valence electrons. The summed E-state index contributed by atoms with van der Waals surface area (Å²) >= 11 is 3.08. The lowest BCUT2D eigenvalue weighted by atomic mass is 9.85. The molecule has 10 nitrogen and oxygen atoms in total. The molecule has 0 spiro atoms. The lowest BCUT2D eigenvalue weighted by Crippen LogP contribution is -2.59. The zero-order valence-electron chi connectivity index (χ0n) is 24.4. The average Bonchev–Trinajstić information content (AvgIpc) is 3.44. The Bertz CT molecular complexity index is 1100. The molecule has 3 unspecified atom stereocenters. The summed E-state index contributed by atoms with van der Waals surface area (Å²) < 4.78 is 4.63. The van der Waals surface area contributed by atoms with Crippen LogP contribution in [-0.2, 0) is 35.1 Å². The van der Waals surface area contributed by atoms with Gasteiger partial charge in [-0.05, 0) is 31.2 Å². The third-order valence-electron chi connectivity index (χ3n) is 6.22. The fourth-order valence-corrected chi connectivity index (χ4v) is 6.60. The molecule has 12 heteroatoms. The van der Waals surface area contributed by atoms with Crippen molar-refractivity contribution >= 4 is 53.1 Å². The van der Waals surface area contributed by atoms with Gasteiger partial charge in [-0.25, -0.2) is 4.79 Å². The van der Waals surface area contributed by atoms with Crippen molar-refractivity contribution in [2.45, 2.75) is 76.6 Å². The fourth-order valence-electron chi connectivity index (χ4n) is 4.00. The Kier molecular flexibility index (Phi) is 13.7. The number of hydrogen-bond donors (Lipinski definition) is 4. The Labute approximate surface area is 250 Å². The van der Waals surface area contributed by atoms with Crippen molar-refractivity contribution in [3.63, 3.8) is 0 Å². The van der Waals surface area contributed by atoms with Crippen molar-refractivity contribution < 1.29 is 28.7 Å². The molecule has 1 saturated heterocycles. The third kappa shape index (κ3) is 12.2. The van der Waals surface area contributed by atoms with E-state index in [1.165, 1.54) is 12.2 Å². The summed E-state index contributed by atoms with van der Waals surface area (Å²) in [5.41, 5.74) is 6.55. The zero-order chi connectivity index (χ0) is 30.6. The van der Waals surface area contributed by atoms with E-state index in [2.05, 4.69) is 16.0 Å². The van der Waals surface area contributed by atoms with Crippen LogP contribution in [0.5, 0.6) is 0 Å². The quantitative estimate of drug-likeness (QED) is 0.186. The average molecular weight is 607 g/mol. The Morgan fingerprint density at radius 2 is 1.66 bits per heavy atom. The zero-order valence-corrected chi connectivity index (χ0v) is 26.0. The number of carbonyl (C=O) groups excluding carboxylic acids is 5. The maximum atomic E-state index is 13.6. The van der Waals surface area contributed by atoms with Gasteiger partial charge in [0, 0.05) is 36.5 Å². The monoisotopic (exact) mass is 606 g/mol. The second-order valence-corrected chi connectivity index (χ2v) is 13.6. The van der Waals surface area contributed by atoms with Crippen LogP contribution in [0.25, 0.3) is 0 Å². The molecular weight excluding hydrogens is 564 g/mol. The number of thioether (sulfide) groups is 2. The number of aryl methyl sites for hydroxylation is 1. The number of nitrogens with two attached hydrogens (primary N) is 1. The summed E-state index contributed by atoms with van der Waals surface area (Å²) in [5, 5.41) is 8.57. The molecule has 0 aliphatic carbocycles. The number of ether oxygens (including phenoxy) is 1. The smallest absolute Gasteiger partial charge is 0.330 e. The molecule has 1 fully saturated rings. The van der Waals surface area contributed by atoms with E-state index in [1.807, 2.05) is 52.0 Å². The van der Waals surface area contributed by atoms with Gasteiger partial charge in [0.15, 0.2) is 0 Å². The summed E-state index contributed by atoms with van der Waals surface area (Å²) in [4.78, 5) is 63.4. The van der Waals surface area contributed by atoms with Gasteiger partial charge in [-0.3, -0.25) is 19.2 Å². The number of esters is 1. The molecule has 1 aliphatic heterocycles. The largest absolute Gasteiger partial charge is 0.463 e. The van der Waals surface area contributed by atoms with Gasteiger partial charge >= 0.3 is 5.97 Å². The second-order valence-electron chi connectivity index (χ2n) is 10.9. The van der Waals surface area contributed by atoms with Crippen LogP contribution in [0.4, 0.5) is 0 Å². The van der Waals surface area contributed by atoms with Gasteiger partial charge in [-0.1, -0.05) is 56.7 Å². The minimum atomic E-state index is -1.01. The topological polar surface area (TPSA) is 157 Å². The molecule has 0 radical (unpaired) electrons. The first kappa shape index (κ1) is 34.2. The third-order valence-corrected chi connectivity index (χ3v) is 9.21. The number of carbonyl (C=O) groups is 5. The van der Waals surface area contributed by atoms with Crippen LogP contribution in [0, 0.1) is 12.3 Å². The maximum Gasteiger partial charge on any atom is 0.330 e. The fraction of sp³-hybridized carbons (Fsp3) is 0.552. The van der Waals surface area contributed by atoms with Crippen LogP contribution in [0.3, 0.4) is 0 Å². The summed E-state index contributed by atoms with van der Waals surface area (Å²) in [5.74, 6) is -0.615. The minimum Gasteiger partial charge on any atom is -0.463 e. The van der Waals surface area contributed by atoms with Crippen LogP contribution in [0.1, 0.15) is 51.7 Å². The van der Waals surface area contributed by atoms with E-state index < -0.39 is 47.2 Å². The molecule has 2 rings (SSSR count). The van der Waals surface area contributed by atoms with Crippen molar-refractivity contribution in [1.82, 2.24) is 16.0 Å². The molecule has 1 aliphatic rings. The predicted octanol–water partition coefficient (Wildman–Crippen LogP) is 2.23. The lowest BCUT2D eigenvalue weighted by Gasteiger charge is -2.32.